The standard InChI is InChI=1S/C23H32N4O4/c1-3-26-12-4-5-20(26)17-27(16-18-6-9-21(28)10-7-18)23(29)25-19-8-11-22(24-15-19)31-14-13-30-2/h6-11,15,20,28H,3-5,12-14,16-17H2,1-2H3,(H,25,29)/t20-/m1/s1. The molecule has 2 aromatic rings. The molecule has 0 spiro atoms. The minimum atomic E-state index is -0.175. The summed E-state index contributed by atoms with van der Waals surface area (Å²) in [6.07, 6.45) is 3.83. The highest BCUT2D eigenvalue weighted by molar-refractivity contribution is 5.89. The number of rotatable bonds is 10. The van der Waals surface area contributed by atoms with Crippen molar-refractivity contribution < 1.29 is 19.4 Å². The third kappa shape index (κ3) is 6.83. The molecule has 168 valence electrons. The number of carbonyl (C=O) groups is 1. The normalized spacial score (nSPS) is 16.3. The maximum Gasteiger partial charge on any atom is 0.322 e. The van der Waals surface area contributed by atoms with Crippen LogP contribution >= 0.6 is 0 Å². The van der Waals surface area contributed by atoms with Crippen LogP contribution in [0, 0.1) is 0 Å². The molecule has 1 aromatic heterocycles. The average molecular weight is 429 g/mol. The number of likely N-dealkylation sites (N-methyl/N-ethyl adjacent to an activating group) is 1. The topological polar surface area (TPSA) is 87.2 Å². The van der Waals surface area contributed by atoms with Gasteiger partial charge in [-0.3, -0.25) is 4.90 Å². The van der Waals surface area contributed by atoms with Crippen molar-refractivity contribution in [3.63, 3.8) is 0 Å². The molecule has 31 heavy (non-hydrogen) atoms. The number of nitrogens with one attached hydrogen (secondary N) is 1. The van der Waals surface area contributed by atoms with Crippen LogP contribution in [0.4, 0.5) is 10.5 Å². The molecule has 8 nitrogen and oxygen atoms in total. The Bertz CT molecular complexity index is 813. The molecule has 8 heteroatoms. The predicted octanol–water partition coefficient (Wildman–Crippen LogP) is 3.33. The van der Waals surface area contributed by atoms with E-state index in [1.165, 1.54) is 0 Å². The second-order valence-electron chi connectivity index (χ2n) is 7.63. The number of benzene rings is 1. The van der Waals surface area contributed by atoms with Crippen molar-refractivity contribution in [3.05, 3.63) is 48.2 Å². The smallest absolute Gasteiger partial charge is 0.322 e. The van der Waals surface area contributed by atoms with Crippen LogP contribution in [-0.4, -0.2) is 71.9 Å². The molecular weight excluding hydrogens is 396 g/mol. The Hall–Kier alpha value is -2.84. The molecule has 1 aromatic carbocycles. The van der Waals surface area contributed by atoms with Crippen LogP contribution in [-0.2, 0) is 11.3 Å². The summed E-state index contributed by atoms with van der Waals surface area (Å²) < 4.78 is 10.4. The number of methoxy groups -OCH3 is 1. The van der Waals surface area contributed by atoms with Crippen molar-refractivity contribution in [2.24, 2.45) is 0 Å². The molecule has 3 rings (SSSR count). The summed E-state index contributed by atoms with van der Waals surface area (Å²) in [5.41, 5.74) is 1.58. The Kier molecular flexibility index (Phi) is 8.49. The third-order valence-corrected chi connectivity index (χ3v) is 5.46. The molecule has 1 fully saturated rings. The molecule has 2 N–H and O–H groups in total. The fraction of sp³-hybridized carbons (Fsp3) is 0.478. The Morgan fingerprint density at radius 1 is 1.26 bits per heavy atom. The van der Waals surface area contributed by atoms with E-state index in [-0.39, 0.29) is 11.8 Å². The van der Waals surface area contributed by atoms with Crippen LogP contribution in [0.2, 0.25) is 0 Å². The summed E-state index contributed by atoms with van der Waals surface area (Å²) in [5, 5.41) is 12.5. The minimum Gasteiger partial charge on any atom is -0.508 e. The molecule has 2 amide bonds. The predicted molar refractivity (Wildman–Crippen MR) is 119 cm³/mol. The SMILES string of the molecule is CCN1CCC[C@@H]1CN(Cc1ccc(O)cc1)C(=O)Nc1ccc(OCCOC)nc1. The highest BCUT2D eigenvalue weighted by Crippen LogP contribution is 2.20. The molecule has 0 bridgehead atoms. The maximum absolute atomic E-state index is 13.1. The molecule has 1 saturated heterocycles. The van der Waals surface area contributed by atoms with E-state index in [1.807, 2.05) is 17.0 Å². The van der Waals surface area contributed by atoms with Gasteiger partial charge >= 0.3 is 6.03 Å². The van der Waals surface area contributed by atoms with Gasteiger partial charge in [0.25, 0.3) is 0 Å². The summed E-state index contributed by atoms with van der Waals surface area (Å²) in [6.45, 7) is 6.23. The molecule has 0 unspecified atom stereocenters. The van der Waals surface area contributed by atoms with Crippen molar-refractivity contribution in [1.82, 2.24) is 14.8 Å². The highest BCUT2D eigenvalue weighted by atomic mass is 16.5. The van der Waals surface area contributed by atoms with E-state index in [2.05, 4.69) is 22.1 Å². The van der Waals surface area contributed by atoms with E-state index >= 15 is 0 Å². The molecule has 1 aliphatic heterocycles. The number of phenols is 1. The van der Waals surface area contributed by atoms with Crippen molar-refractivity contribution >= 4 is 11.7 Å². The van der Waals surface area contributed by atoms with E-state index in [4.69, 9.17) is 9.47 Å². The van der Waals surface area contributed by atoms with Gasteiger partial charge in [-0.25, -0.2) is 9.78 Å². The number of hydrogen-bond donors (Lipinski definition) is 2. The lowest BCUT2D eigenvalue weighted by Gasteiger charge is -2.30. The van der Waals surface area contributed by atoms with E-state index in [1.54, 1.807) is 37.6 Å². The van der Waals surface area contributed by atoms with Gasteiger partial charge in [0.2, 0.25) is 5.88 Å². The van der Waals surface area contributed by atoms with E-state index in [9.17, 15) is 9.90 Å². The summed E-state index contributed by atoms with van der Waals surface area (Å²) in [7, 11) is 1.62. The Morgan fingerprint density at radius 3 is 2.74 bits per heavy atom. The zero-order chi connectivity index (χ0) is 22.1. The highest BCUT2D eigenvalue weighted by Gasteiger charge is 2.27. The fourth-order valence-corrected chi connectivity index (χ4v) is 3.79. The Balaban J connectivity index is 1.66. The summed E-state index contributed by atoms with van der Waals surface area (Å²) in [5.74, 6) is 0.701. The molecule has 1 atom stereocenters. The number of ether oxygens (including phenoxy) is 2. The van der Waals surface area contributed by atoms with E-state index in [0.29, 0.717) is 43.9 Å². The van der Waals surface area contributed by atoms with Gasteiger partial charge in [0.1, 0.15) is 12.4 Å². The molecule has 1 aliphatic rings. The first-order valence-electron chi connectivity index (χ1n) is 10.7. The zero-order valence-electron chi connectivity index (χ0n) is 18.3. The number of carbonyl (C=O) groups excluding carboxylic acids is 1. The van der Waals surface area contributed by atoms with Crippen LogP contribution in [0.1, 0.15) is 25.3 Å². The number of pyridine rings is 1. The van der Waals surface area contributed by atoms with Crippen molar-refractivity contribution in [3.8, 4) is 11.6 Å². The summed E-state index contributed by atoms with van der Waals surface area (Å²) in [4.78, 5) is 21.6. The molecule has 2 heterocycles. The fourth-order valence-electron chi connectivity index (χ4n) is 3.79. The van der Waals surface area contributed by atoms with Crippen molar-refractivity contribution in [2.45, 2.75) is 32.4 Å². The number of phenolic OH excluding ortho intramolecular Hbond substituents is 1. The third-order valence-electron chi connectivity index (χ3n) is 5.46. The Morgan fingerprint density at radius 2 is 2.06 bits per heavy atom. The van der Waals surface area contributed by atoms with Gasteiger partial charge < -0.3 is 24.8 Å². The number of likely N-dealkylation sites (tertiary alicyclic amines) is 1. The molecule has 0 saturated carbocycles. The van der Waals surface area contributed by atoms with Crippen molar-refractivity contribution in [2.75, 3.05) is 45.3 Å². The lowest BCUT2D eigenvalue weighted by molar-refractivity contribution is 0.144. The first-order valence-corrected chi connectivity index (χ1v) is 10.7. The largest absolute Gasteiger partial charge is 0.508 e. The number of aromatic nitrogens is 1. The van der Waals surface area contributed by atoms with Gasteiger partial charge in [0.15, 0.2) is 0 Å². The second-order valence-corrected chi connectivity index (χ2v) is 7.63. The molecular formula is C23H32N4O4. The van der Waals surface area contributed by atoms with Crippen LogP contribution in [0.25, 0.3) is 0 Å². The van der Waals surface area contributed by atoms with Crippen LogP contribution in [0.15, 0.2) is 42.6 Å². The number of amides is 2. The lowest BCUT2D eigenvalue weighted by Crippen LogP contribution is -2.44. The number of urea groups is 1. The molecule has 0 aliphatic carbocycles. The van der Waals surface area contributed by atoms with Gasteiger partial charge in [0, 0.05) is 32.3 Å². The maximum atomic E-state index is 13.1. The number of anilines is 1. The van der Waals surface area contributed by atoms with E-state index < -0.39 is 0 Å². The lowest BCUT2D eigenvalue weighted by atomic mass is 10.1. The summed E-state index contributed by atoms with van der Waals surface area (Å²) >= 11 is 0. The number of nitrogens with zero attached hydrogens (tertiary/aromatic N) is 3. The van der Waals surface area contributed by atoms with Gasteiger partial charge in [-0.2, -0.15) is 0 Å². The van der Waals surface area contributed by atoms with Gasteiger partial charge in [-0.1, -0.05) is 19.1 Å². The first kappa shape index (κ1) is 22.8. The van der Waals surface area contributed by atoms with Crippen LogP contribution in [0.3, 0.4) is 0 Å². The number of hydrogen-bond acceptors (Lipinski definition) is 6. The van der Waals surface area contributed by atoms with Gasteiger partial charge in [-0.15, -0.1) is 0 Å². The van der Waals surface area contributed by atoms with Gasteiger partial charge in [0.05, 0.1) is 18.5 Å². The Labute approximate surface area is 183 Å². The van der Waals surface area contributed by atoms with Gasteiger partial charge in [-0.05, 0) is 49.7 Å². The average Bonchev–Trinajstić information content (AvgIpc) is 3.23. The molecule has 0 radical (unpaired) electrons. The summed E-state index contributed by atoms with van der Waals surface area (Å²) in [6, 6.07) is 10.7. The minimum absolute atomic E-state index is 0.175. The quantitative estimate of drug-likeness (QED) is 0.565. The van der Waals surface area contributed by atoms with E-state index in [0.717, 1.165) is 31.5 Å². The second kappa shape index (κ2) is 11.5. The first-order chi connectivity index (χ1) is 15.1. The number of aromatic hydroxyl groups is 1. The van der Waals surface area contributed by atoms with Crippen molar-refractivity contribution in [1.29, 1.82) is 0 Å². The zero-order valence-corrected chi connectivity index (χ0v) is 18.3. The van der Waals surface area contributed by atoms with Crippen LogP contribution in [0.5, 0.6) is 11.6 Å². The van der Waals surface area contributed by atoms with Crippen LogP contribution < -0.4 is 10.1 Å². The monoisotopic (exact) mass is 428 g/mol.